The lowest BCUT2D eigenvalue weighted by Crippen LogP contribution is -2.53. The van der Waals surface area contributed by atoms with Gasteiger partial charge in [0.05, 0.1) is 16.6 Å². The summed E-state index contributed by atoms with van der Waals surface area (Å²) in [4.78, 5) is 14.6. The molecule has 0 spiro atoms. The minimum atomic E-state index is -3.57. The third kappa shape index (κ3) is 4.95. The van der Waals surface area contributed by atoms with E-state index in [4.69, 9.17) is 11.6 Å². The number of hydrogen-bond donors (Lipinski definition) is 1. The number of nitrogens with zero attached hydrogens (tertiary/aromatic N) is 2. The van der Waals surface area contributed by atoms with Crippen molar-refractivity contribution in [2.24, 2.45) is 0 Å². The smallest absolute Gasteiger partial charge is 0.243 e. The Morgan fingerprint density at radius 3 is 2.34 bits per heavy atom. The lowest BCUT2D eigenvalue weighted by atomic mass is 10.2. The van der Waals surface area contributed by atoms with E-state index < -0.39 is 21.9 Å². The number of benzene rings is 2. The largest absolute Gasteiger partial charge is 0.322 e. The van der Waals surface area contributed by atoms with Crippen LogP contribution in [0.1, 0.15) is 12.5 Å². The molecule has 29 heavy (non-hydrogen) atoms. The van der Waals surface area contributed by atoms with E-state index in [2.05, 4.69) is 5.32 Å². The van der Waals surface area contributed by atoms with Crippen LogP contribution in [0.3, 0.4) is 0 Å². The molecule has 1 heterocycles. The van der Waals surface area contributed by atoms with Crippen LogP contribution in [0, 0.1) is 12.7 Å². The maximum atomic E-state index is 13.8. The highest BCUT2D eigenvalue weighted by Crippen LogP contribution is 2.21. The highest BCUT2D eigenvalue weighted by Gasteiger charge is 2.32. The van der Waals surface area contributed by atoms with Crippen LogP contribution in [-0.2, 0) is 14.8 Å². The fourth-order valence-corrected chi connectivity index (χ4v) is 4.78. The van der Waals surface area contributed by atoms with Crippen molar-refractivity contribution in [3.8, 4) is 0 Å². The Balaban J connectivity index is 1.61. The third-order valence-electron chi connectivity index (χ3n) is 5.05. The molecule has 1 saturated heterocycles. The summed E-state index contributed by atoms with van der Waals surface area (Å²) in [5, 5.41) is 2.87. The van der Waals surface area contributed by atoms with E-state index in [0.29, 0.717) is 18.1 Å². The minimum absolute atomic E-state index is 0.0231. The Hall–Kier alpha value is -2.00. The van der Waals surface area contributed by atoms with Gasteiger partial charge in [-0.05, 0) is 44.2 Å². The number of amides is 1. The number of anilines is 1. The van der Waals surface area contributed by atoms with E-state index in [1.54, 1.807) is 31.2 Å². The summed E-state index contributed by atoms with van der Waals surface area (Å²) in [5.74, 6) is -0.940. The fraction of sp³-hybridized carbons (Fsp3) is 0.350. The molecule has 2 aromatic rings. The van der Waals surface area contributed by atoms with Gasteiger partial charge in [0.1, 0.15) is 5.82 Å². The van der Waals surface area contributed by atoms with Gasteiger partial charge < -0.3 is 5.32 Å². The van der Waals surface area contributed by atoms with Gasteiger partial charge in [0, 0.05) is 31.2 Å². The quantitative estimate of drug-likeness (QED) is 0.777. The molecule has 9 heteroatoms. The van der Waals surface area contributed by atoms with Crippen LogP contribution in [0.25, 0.3) is 0 Å². The predicted octanol–water partition coefficient (Wildman–Crippen LogP) is 3.12. The number of aryl methyl sites for hydroxylation is 1. The van der Waals surface area contributed by atoms with Crippen molar-refractivity contribution in [1.29, 1.82) is 0 Å². The molecule has 1 amide bonds. The van der Waals surface area contributed by atoms with Gasteiger partial charge in [-0.15, -0.1) is 0 Å². The third-order valence-corrected chi connectivity index (χ3v) is 7.19. The molecule has 1 aliphatic rings. The van der Waals surface area contributed by atoms with Gasteiger partial charge in [-0.1, -0.05) is 29.3 Å². The molecule has 1 fully saturated rings. The lowest BCUT2D eigenvalue weighted by Gasteiger charge is -2.36. The van der Waals surface area contributed by atoms with Gasteiger partial charge in [0.15, 0.2) is 0 Å². The average molecular weight is 440 g/mol. The van der Waals surface area contributed by atoms with Crippen molar-refractivity contribution in [1.82, 2.24) is 9.21 Å². The second kappa shape index (κ2) is 8.79. The molecule has 0 bridgehead atoms. The van der Waals surface area contributed by atoms with Crippen LogP contribution in [0.4, 0.5) is 10.1 Å². The average Bonchev–Trinajstić information content (AvgIpc) is 2.70. The number of rotatable bonds is 5. The standard InChI is InChI=1S/C20H23ClFN3O3S/c1-14-3-6-17(7-4-14)29(27,28)25-11-9-24(10-12-25)15(2)20(26)23-19-13-16(21)5-8-18(19)22/h3-8,13,15H,9-12H2,1-2H3,(H,23,26). The fourth-order valence-electron chi connectivity index (χ4n) is 3.19. The van der Waals surface area contributed by atoms with Gasteiger partial charge in [0.2, 0.25) is 15.9 Å². The van der Waals surface area contributed by atoms with Crippen molar-refractivity contribution < 1.29 is 17.6 Å². The van der Waals surface area contributed by atoms with Crippen LogP contribution in [0.5, 0.6) is 0 Å². The van der Waals surface area contributed by atoms with Crippen LogP contribution in [0.2, 0.25) is 5.02 Å². The number of sulfonamides is 1. The molecule has 0 saturated carbocycles. The maximum Gasteiger partial charge on any atom is 0.243 e. The summed E-state index contributed by atoms with van der Waals surface area (Å²) in [6.07, 6.45) is 0. The molecular formula is C20H23ClFN3O3S. The molecular weight excluding hydrogens is 417 g/mol. The van der Waals surface area contributed by atoms with Crippen molar-refractivity contribution in [3.05, 3.63) is 58.9 Å². The van der Waals surface area contributed by atoms with E-state index in [9.17, 15) is 17.6 Å². The number of piperazine rings is 1. The van der Waals surface area contributed by atoms with Crippen LogP contribution >= 0.6 is 11.6 Å². The molecule has 1 aliphatic heterocycles. The van der Waals surface area contributed by atoms with E-state index in [1.165, 1.54) is 22.5 Å². The van der Waals surface area contributed by atoms with Crippen molar-refractivity contribution in [3.63, 3.8) is 0 Å². The van der Waals surface area contributed by atoms with Crippen LogP contribution < -0.4 is 5.32 Å². The van der Waals surface area contributed by atoms with E-state index in [1.807, 2.05) is 11.8 Å². The Kier molecular flexibility index (Phi) is 6.58. The molecule has 3 rings (SSSR count). The molecule has 1 N–H and O–H groups in total. The number of carbonyl (C=O) groups is 1. The normalized spacial score (nSPS) is 17.1. The first-order valence-corrected chi connectivity index (χ1v) is 11.1. The number of hydrogen-bond acceptors (Lipinski definition) is 4. The topological polar surface area (TPSA) is 69.7 Å². The summed E-state index contributed by atoms with van der Waals surface area (Å²) >= 11 is 5.86. The predicted molar refractivity (Wildman–Crippen MR) is 111 cm³/mol. The first kappa shape index (κ1) is 21.7. The molecule has 1 atom stereocenters. The van der Waals surface area contributed by atoms with Gasteiger partial charge in [-0.3, -0.25) is 9.69 Å². The zero-order valence-electron chi connectivity index (χ0n) is 16.2. The number of carbonyl (C=O) groups excluding carboxylic acids is 1. The Labute approximate surface area is 175 Å². The second-order valence-corrected chi connectivity index (χ2v) is 9.42. The minimum Gasteiger partial charge on any atom is -0.322 e. The SMILES string of the molecule is Cc1ccc(S(=O)(=O)N2CCN(C(C)C(=O)Nc3cc(Cl)ccc3F)CC2)cc1. The first-order valence-electron chi connectivity index (χ1n) is 9.25. The zero-order valence-corrected chi connectivity index (χ0v) is 17.8. The highest BCUT2D eigenvalue weighted by atomic mass is 35.5. The van der Waals surface area contributed by atoms with Crippen molar-refractivity contribution in [2.75, 3.05) is 31.5 Å². The molecule has 0 radical (unpaired) electrons. The van der Waals surface area contributed by atoms with Gasteiger partial charge in [0.25, 0.3) is 0 Å². The molecule has 1 unspecified atom stereocenters. The number of halogens is 2. The van der Waals surface area contributed by atoms with Gasteiger partial charge >= 0.3 is 0 Å². The molecule has 156 valence electrons. The first-order chi connectivity index (χ1) is 13.7. The van der Waals surface area contributed by atoms with E-state index in [-0.39, 0.29) is 29.6 Å². The Bertz CT molecular complexity index is 991. The lowest BCUT2D eigenvalue weighted by molar-refractivity contribution is -0.121. The second-order valence-electron chi connectivity index (χ2n) is 7.04. The maximum absolute atomic E-state index is 13.8. The summed E-state index contributed by atoms with van der Waals surface area (Å²) in [6, 6.07) is 10.2. The van der Waals surface area contributed by atoms with Crippen molar-refractivity contribution >= 4 is 33.2 Å². The summed E-state index contributed by atoms with van der Waals surface area (Å²) in [7, 11) is -3.57. The monoisotopic (exact) mass is 439 g/mol. The molecule has 0 aromatic heterocycles. The summed E-state index contributed by atoms with van der Waals surface area (Å²) in [6.45, 7) is 4.97. The van der Waals surface area contributed by atoms with Crippen LogP contribution in [0.15, 0.2) is 47.4 Å². The Morgan fingerprint density at radius 1 is 1.10 bits per heavy atom. The van der Waals surface area contributed by atoms with Crippen molar-refractivity contribution in [2.45, 2.75) is 24.8 Å². The van der Waals surface area contributed by atoms with E-state index >= 15 is 0 Å². The molecule has 6 nitrogen and oxygen atoms in total. The van der Waals surface area contributed by atoms with Gasteiger partial charge in [-0.25, -0.2) is 12.8 Å². The number of nitrogens with one attached hydrogen (secondary N) is 1. The zero-order chi connectivity index (χ0) is 21.2. The molecule has 0 aliphatic carbocycles. The van der Waals surface area contributed by atoms with Crippen LogP contribution in [-0.4, -0.2) is 55.8 Å². The summed E-state index contributed by atoms with van der Waals surface area (Å²) in [5.41, 5.74) is 1.01. The molecule has 2 aromatic carbocycles. The van der Waals surface area contributed by atoms with E-state index in [0.717, 1.165) is 5.56 Å². The van der Waals surface area contributed by atoms with Gasteiger partial charge in [-0.2, -0.15) is 4.31 Å². The highest BCUT2D eigenvalue weighted by molar-refractivity contribution is 7.89. The Morgan fingerprint density at radius 2 is 1.72 bits per heavy atom. The summed E-state index contributed by atoms with van der Waals surface area (Å²) < 4.78 is 40.9.